The molecule has 20 heavy (non-hydrogen) atoms. The average Bonchev–Trinajstić information content (AvgIpc) is 2.40. The van der Waals surface area contributed by atoms with Gasteiger partial charge in [-0.3, -0.25) is 4.79 Å². The summed E-state index contributed by atoms with van der Waals surface area (Å²) in [6, 6.07) is 5.15. The molecule has 0 aliphatic carbocycles. The molecule has 0 unspecified atom stereocenters. The zero-order valence-corrected chi connectivity index (χ0v) is 14.2. The molecule has 0 heterocycles. The highest BCUT2D eigenvalue weighted by Crippen LogP contribution is 2.33. The van der Waals surface area contributed by atoms with Crippen LogP contribution < -0.4 is 5.32 Å². The Morgan fingerprint density at radius 1 is 1.55 bits per heavy atom. The third kappa shape index (κ3) is 4.36. The predicted octanol–water partition coefficient (Wildman–Crippen LogP) is 3.74. The molecule has 0 radical (unpaired) electrons. The number of nitrogens with zero attached hydrogens (tertiary/aromatic N) is 1. The van der Waals surface area contributed by atoms with Crippen molar-refractivity contribution < 1.29 is 9.90 Å². The van der Waals surface area contributed by atoms with E-state index in [1.54, 1.807) is 12.1 Å². The Morgan fingerprint density at radius 2 is 2.20 bits per heavy atom. The smallest absolute Gasteiger partial charge is 0.262 e. The summed E-state index contributed by atoms with van der Waals surface area (Å²) in [4.78, 5) is 11.9. The van der Waals surface area contributed by atoms with Crippen LogP contribution in [0.25, 0.3) is 6.08 Å². The minimum absolute atomic E-state index is 0.0120. The normalized spacial score (nSPS) is 12.7. The third-order valence-electron chi connectivity index (χ3n) is 2.71. The van der Waals surface area contributed by atoms with Crippen molar-refractivity contribution in [3.63, 3.8) is 0 Å². The molecular formula is C14H14Br2N2O2. The van der Waals surface area contributed by atoms with Crippen molar-refractivity contribution in [3.05, 3.63) is 32.2 Å². The van der Waals surface area contributed by atoms with Crippen molar-refractivity contribution in [3.8, 4) is 11.8 Å². The number of phenolic OH excluding ortho intramolecular Hbond substituents is 1. The van der Waals surface area contributed by atoms with Gasteiger partial charge in [-0.2, -0.15) is 5.26 Å². The minimum Gasteiger partial charge on any atom is -0.506 e. The van der Waals surface area contributed by atoms with E-state index in [0.29, 0.717) is 10.0 Å². The van der Waals surface area contributed by atoms with E-state index in [-0.39, 0.29) is 17.4 Å². The quantitative estimate of drug-likeness (QED) is 0.596. The summed E-state index contributed by atoms with van der Waals surface area (Å²) in [7, 11) is 0. The molecule has 0 aromatic heterocycles. The monoisotopic (exact) mass is 400 g/mol. The lowest BCUT2D eigenvalue weighted by Crippen LogP contribution is -2.32. The van der Waals surface area contributed by atoms with Crippen LogP contribution >= 0.6 is 31.9 Å². The zero-order valence-electron chi connectivity index (χ0n) is 11.1. The molecule has 0 saturated heterocycles. The van der Waals surface area contributed by atoms with Gasteiger partial charge in [0.1, 0.15) is 17.4 Å². The molecule has 1 aromatic rings. The van der Waals surface area contributed by atoms with Gasteiger partial charge in [0, 0.05) is 16.1 Å². The number of hydrogen-bond acceptors (Lipinski definition) is 3. The van der Waals surface area contributed by atoms with Crippen LogP contribution in [0.2, 0.25) is 0 Å². The fraction of sp³-hybridized carbons (Fsp3) is 0.286. The van der Waals surface area contributed by atoms with Crippen molar-refractivity contribution in [2.75, 3.05) is 0 Å². The number of aromatic hydroxyl groups is 1. The number of carbonyl (C=O) groups is 1. The van der Waals surface area contributed by atoms with Crippen LogP contribution in [-0.4, -0.2) is 17.1 Å². The van der Waals surface area contributed by atoms with E-state index in [1.807, 2.05) is 19.9 Å². The standard InChI is InChI=1S/C14H14Br2N2O2/c1-3-8(2)18-14(20)10(7-17)4-9-5-11(15)6-12(16)13(9)19/h4-6,8,19H,3H2,1-2H3,(H,18,20)/b10-4+/t8-/m1/s1. The van der Waals surface area contributed by atoms with Gasteiger partial charge in [-0.1, -0.05) is 22.9 Å². The molecule has 0 aliphatic rings. The molecule has 1 rings (SSSR count). The Hall–Kier alpha value is -1.32. The van der Waals surface area contributed by atoms with E-state index in [0.717, 1.165) is 10.9 Å². The van der Waals surface area contributed by atoms with Gasteiger partial charge in [-0.15, -0.1) is 0 Å². The first-order valence-electron chi connectivity index (χ1n) is 5.99. The molecule has 1 aromatic carbocycles. The van der Waals surface area contributed by atoms with Gasteiger partial charge in [0.2, 0.25) is 0 Å². The Kier molecular flexibility index (Phi) is 6.24. The van der Waals surface area contributed by atoms with Crippen LogP contribution in [0.4, 0.5) is 0 Å². The molecule has 0 bridgehead atoms. The number of nitriles is 1. The van der Waals surface area contributed by atoms with Gasteiger partial charge in [0.25, 0.3) is 5.91 Å². The van der Waals surface area contributed by atoms with Crippen LogP contribution in [0.1, 0.15) is 25.8 Å². The van der Waals surface area contributed by atoms with Crippen molar-refractivity contribution in [1.82, 2.24) is 5.32 Å². The number of amides is 1. The minimum atomic E-state index is -0.447. The predicted molar refractivity (Wildman–Crippen MR) is 85.0 cm³/mol. The molecular weight excluding hydrogens is 388 g/mol. The average molecular weight is 402 g/mol. The second-order valence-electron chi connectivity index (χ2n) is 4.28. The summed E-state index contributed by atoms with van der Waals surface area (Å²) in [5.41, 5.74) is 0.340. The number of nitrogens with one attached hydrogen (secondary N) is 1. The summed E-state index contributed by atoms with van der Waals surface area (Å²) >= 11 is 6.50. The summed E-state index contributed by atoms with van der Waals surface area (Å²) < 4.78 is 1.21. The van der Waals surface area contributed by atoms with Crippen molar-refractivity contribution in [2.24, 2.45) is 0 Å². The van der Waals surface area contributed by atoms with E-state index in [4.69, 9.17) is 5.26 Å². The zero-order chi connectivity index (χ0) is 15.3. The second kappa shape index (κ2) is 7.46. The molecule has 6 heteroatoms. The van der Waals surface area contributed by atoms with E-state index in [2.05, 4.69) is 37.2 Å². The van der Waals surface area contributed by atoms with Gasteiger partial charge < -0.3 is 10.4 Å². The van der Waals surface area contributed by atoms with Crippen LogP contribution in [-0.2, 0) is 4.79 Å². The summed E-state index contributed by atoms with van der Waals surface area (Å²) in [5, 5.41) is 21.7. The molecule has 0 fully saturated rings. The van der Waals surface area contributed by atoms with Gasteiger partial charge in [-0.05, 0) is 47.5 Å². The van der Waals surface area contributed by atoms with Gasteiger partial charge in [0.05, 0.1) is 4.47 Å². The lowest BCUT2D eigenvalue weighted by atomic mass is 10.1. The molecule has 1 atom stereocenters. The molecule has 0 spiro atoms. The fourth-order valence-corrected chi connectivity index (χ4v) is 2.66. The highest BCUT2D eigenvalue weighted by molar-refractivity contribution is 9.11. The van der Waals surface area contributed by atoms with Gasteiger partial charge in [-0.25, -0.2) is 0 Å². The van der Waals surface area contributed by atoms with Gasteiger partial charge >= 0.3 is 0 Å². The Labute approximate surface area is 134 Å². The van der Waals surface area contributed by atoms with Crippen LogP contribution in [0.5, 0.6) is 5.75 Å². The number of halogens is 2. The van der Waals surface area contributed by atoms with E-state index < -0.39 is 5.91 Å². The van der Waals surface area contributed by atoms with Gasteiger partial charge in [0.15, 0.2) is 0 Å². The molecule has 1 amide bonds. The first-order chi connectivity index (χ1) is 9.38. The Morgan fingerprint density at radius 3 is 2.75 bits per heavy atom. The summed E-state index contributed by atoms with van der Waals surface area (Å²) in [6.07, 6.45) is 2.14. The lowest BCUT2D eigenvalue weighted by Gasteiger charge is -2.10. The molecule has 0 saturated carbocycles. The van der Waals surface area contributed by atoms with Crippen LogP contribution in [0, 0.1) is 11.3 Å². The first kappa shape index (κ1) is 16.7. The van der Waals surface area contributed by atoms with Crippen LogP contribution in [0.15, 0.2) is 26.7 Å². The third-order valence-corrected chi connectivity index (χ3v) is 3.77. The number of carbonyl (C=O) groups excluding carboxylic acids is 1. The molecule has 2 N–H and O–H groups in total. The van der Waals surface area contributed by atoms with E-state index in [9.17, 15) is 9.90 Å². The number of phenols is 1. The SMILES string of the molecule is CC[C@@H](C)NC(=O)/C(C#N)=C/c1cc(Br)cc(Br)c1O. The van der Waals surface area contributed by atoms with Crippen molar-refractivity contribution >= 4 is 43.8 Å². The number of hydrogen-bond donors (Lipinski definition) is 2. The topological polar surface area (TPSA) is 73.1 Å². The summed E-state index contributed by atoms with van der Waals surface area (Å²) in [6.45, 7) is 3.80. The Balaban J connectivity index is 3.13. The molecule has 0 aliphatic heterocycles. The molecule has 106 valence electrons. The van der Waals surface area contributed by atoms with Crippen molar-refractivity contribution in [1.29, 1.82) is 5.26 Å². The lowest BCUT2D eigenvalue weighted by molar-refractivity contribution is -0.117. The Bertz CT molecular complexity index is 592. The summed E-state index contributed by atoms with van der Waals surface area (Å²) in [5.74, 6) is -0.463. The van der Waals surface area contributed by atoms with E-state index >= 15 is 0 Å². The largest absolute Gasteiger partial charge is 0.506 e. The fourth-order valence-electron chi connectivity index (χ4n) is 1.40. The molecule has 4 nitrogen and oxygen atoms in total. The van der Waals surface area contributed by atoms with Crippen LogP contribution in [0.3, 0.4) is 0 Å². The number of benzene rings is 1. The maximum absolute atomic E-state index is 11.9. The number of rotatable bonds is 4. The first-order valence-corrected chi connectivity index (χ1v) is 7.58. The highest BCUT2D eigenvalue weighted by atomic mass is 79.9. The van der Waals surface area contributed by atoms with E-state index in [1.165, 1.54) is 6.08 Å². The maximum atomic E-state index is 11.9. The maximum Gasteiger partial charge on any atom is 0.262 e. The highest BCUT2D eigenvalue weighted by Gasteiger charge is 2.13. The van der Waals surface area contributed by atoms with Crippen molar-refractivity contribution in [2.45, 2.75) is 26.3 Å². The second-order valence-corrected chi connectivity index (χ2v) is 6.05.